The Balaban J connectivity index is 3.31. The molecule has 0 aliphatic heterocycles. The summed E-state index contributed by atoms with van der Waals surface area (Å²) in [6.07, 6.45) is 0.680. The minimum Gasteiger partial charge on any atom is -0.510 e. The van der Waals surface area contributed by atoms with Crippen molar-refractivity contribution in [2.75, 3.05) is 6.61 Å². The van der Waals surface area contributed by atoms with Gasteiger partial charge in [0.2, 0.25) is 0 Å². The molecule has 5 heteroatoms. The van der Waals surface area contributed by atoms with E-state index in [0.717, 1.165) is 0 Å². The lowest BCUT2D eigenvalue weighted by Gasteiger charge is -2.34. The van der Waals surface area contributed by atoms with Crippen molar-refractivity contribution in [1.82, 2.24) is 0 Å². The number of ketones is 1. The summed E-state index contributed by atoms with van der Waals surface area (Å²) < 4.78 is 0. The van der Waals surface area contributed by atoms with Crippen LogP contribution in [0.15, 0.2) is 16.5 Å². The molecule has 19 heavy (non-hydrogen) atoms. The summed E-state index contributed by atoms with van der Waals surface area (Å²) in [6, 6.07) is 2.07. The second-order valence-electron chi connectivity index (χ2n) is 5.22. The first kappa shape index (κ1) is 15.2. The molecule has 0 spiro atoms. The molecule has 104 valence electrons. The summed E-state index contributed by atoms with van der Waals surface area (Å²) in [5.74, 6) is -1.06. The van der Waals surface area contributed by atoms with Gasteiger partial charge in [-0.2, -0.15) is 5.26 Å². The summed E-state index contributed by atoms with van der Waals surface area (Å²) >= 11 is 0. The van der Waals surface area contributed by atoms with Crippen LogP contribution in [0.1, 0.15) is 40.5 Å². The van der Waals surface area contributed by atoms with Gasteiger partial charge >= 0.3 is 0 Å². The van der Waals surface area contributed by atoms with Gasteiger partial charge in [-0.25, -0.2) is 0 Å². The molecule has 1 atom stereocenters. The predicted octanol–water partition coefficient (Wildman–Crippen LogP) is 2.74. The Morgan fingerprint density at radius 3 is 2.68 bits per heavy atom. The molecule has 5 nitrogen and oxygen atoms in total. The fourth-order valence-corrected chi connectivity index (χ4v) is 2.24. The first-order valence-corrected chi connectivity index (χ1v) is 6.44. The van der Waals surface area contributed by atoms with Crippen molar-refractivity contribution in [3.63, 3.8) is 0 Å². The first-order chi connectivity index (χ1) is 8.88. The molecule has 0 saturated heterocycles. The molecule has 0 aromatic carbocycles. The number of carbonyl (C=O) groups is 1. The van der Waals surface area contributed by atoms with Crippen LogP contribution in [0.2, 0.25) is 0 Å². The average molecular weight is 264 g/mol. The third-order valence-corrected chi connectivity index (χ3v) is 3.26. The number of Topliss-reactive ketones (excluding diaryl/α,β-unsaturated/α-hetero) is 1. The van der Waals surface area contributed by atoms with E-state index < -0.39 is 11.3 Å². The van der Waals surface area contributed by atoms with Crippen LogP contribution in [0.5, 0.6) is 0 Å². The molecule has 1 rings (SSSR count). The van der Waals surface area contributed by atoms with Gasteiger partial charge in [-0.1, -0.05) is 25.9 Å². The fourth-order valence-electron chi connectivity index (χ4n) is 2.24. The molecule has 1 N–H and O–H groups in total. The first-order valence-electron chi connectivity index (χ1n) is 6.44. The van der Waals surface area contributed by atoms with Gasteiger partial charge in [-0.15, -0.1) is 0 Å². The smallest absolute Gasteiger partial charge is 0.168 e. The molecule has 1 unspecified atom stereocenters. The SMILES string of the molecule is CCON=C(CC)C1=C(O)C(C#N)C(C)(C)CC1=O. The van der Waals surface area contributed by atoms with Crippen LogP contribution in [0.25, 0.3) is 0 Å². The molecule has 0 fully saturated rings. The molecule has 0 aromatic heterocycles. The molecular formula is C14H20N2O3. The zero-order valence-corrected chi connectivity index (χ0v) is 11.9. The van der Waals surface area contributed by atoms with Crippen molar-refractivity contribution in [2.45, 2.75) is 40.5 Å². The number of nitrogens with zero attached hydrogens (tertiary/aromatic N) is 2. The van der Waals surface area contributed by atoms with Gasteiger partial charge < -0.3 is 9.94 Å². The highest BCUT2D eigenvalue weighted by atomic mass is 16.6. The number of allylic oxidation sites excluding steroid dienone is 2. The van der Waals surface area contributed by atoms with E-state index >= 15 is 0 Å². The Bertz CT molecular complexity index is 470. The maximum Gasteiger partial charge on any atom is 0.168 e. The van der Waals surface area contributed by atoms with E-state index in [9.17, 15) is 15.2 Å². The zero-order valence-electron chi connectivity index (χ0n) is 11.9. The largest absolute Gasteiger partial charge is 0.510 e. The highest BCUT2D eigenvalue weighted by Crippen LogP contribution is 2.41. The molecule has 1 aliphatic rings. The predicted molar refractivity (Wildman–Crippen MR) is 71.5 cm³/mol. The number of carbonyl (C=O) groups excluding carboxylic acids is 1. The minimum atomic E-state index is -0.696. The molecule has 0 saturated carbocycles. The van der Waals surface area contributed by atoms with E-state index in [-0.39, 0.29) is 23.5 Å². The average Bonchev–Trinajstić information content (AvgIpc) is 2.32. The van der Waals surface area contributed by atoms with E-state index in [1.165, 1.54) is 0 Å². The Morgan fingerprint density at radius 1 is 1.58 bits per heavy atom. The summed E-state index contributed by atoms with van der Waals surface area (Å²) in [5.41, 5.74) is -0.00826. The Morgan fingerprint density at radius 2 is 2.21 bits per heavy atom. The van der Waals surface area contributed by atoms with Crippen LogP contribution >= 0.6 is 0 Å². The van der Waals surface area contributed by atoms with Crippen molar-refractivity contribution < 1.29 is 14.7 Å². The standard InChI is InChI=1S/C14H20N2O3/c1-5-10(16-19-6-2)12-11(17)7-14(3,4)9(8-15)13(12)18/h9,18H,5-7H2,1-4H3. The number of rotatable bonds is 4. The second kappa shape index (κ2) is 5.87. The Hall–Kier alpha value is -1.83. The molecule has 1 aliphatic carbocycles. The third kappa shape index (κ3) is 2.95. The van der Waals surface area contributed by atoms with Crippen molar-refractivity contribution >= 4 is 11.5 Å². The van der Waals surface area contributed by atoms with Crippen molar-refractivity contribution in [3.8, 4) is 6.07 Å². The van der Waals surface area contributed by atoms with Crippen LogP contribution in [0, 0.1) is 22.7 Å². The molecule has 0 aromatic rings. The minimum absolute atomic E-state index is 0.154. The number of hydrogen-bond acceptors (Lipinski definition) is 5. The van der Waals surface area contributed by atoms with E-state index in [2.05, 4.69) is 11.2 Å². The van der Waals surface area contributed by atoms with Crippen molar-refractivity contribution in [1.29, 1.82) is 5.26 Å². The quantitative estimate of drug-likeness (QED) is 0.625. The molecule has 0 bridgehead atoms. The number of aliphatic hydroxyl groups is 1. The van der Waals surface area contributed by atoms with E-state index in [1.54, 1.807) is 20.8 Å². The number of oxime groups is 1. The van der Waals surface area contributed by atoms with E-state index in [4.69, 9.17) is 4.84 Å². The van der Waals surface area contributed by atoms with Gasteiger partial charge in [-0.05, 0) is 18.8 Å². The second-order valence-corrected chi connectivity index (χ2v) is 5.22. The van der Waals surface area contributed by atoms with E-state index in [0.29, 0.717) is 18.7 Å². The zero-order chi connectivity index (χ0) is 14.6. The lowest BCUT2D eigenvalue weighted by Crippen LogP contribution is -2.36. The lowest BCUT2D eigenvalue weighted by atomic mass is 9.68. The molecular weight excluding hydrogens is 244 g/mol. The Kier molecular flexibility index (Phi) is 4.71. The monoisotopic (exact) mass is 264 g/mol. The summed E-state index contributed by atoms with van der Waals surface area (Å²) in [6.45, 7) is 7.61. The number of nitriles is 1. The fraction of sp³-hybridized carbons (Fsp3) is 0.643. The van der Waals surface area contributed by atoms with Crippen LogP contribution in [0.3, 0.4) is 0 Å². The molecule has 0 amide bonds. The van der Waals surface area contributed by atoms with Crippen LogP contribution in [-0.2, 0) is 9.63 Å². The van der Waals surface area contributed by atoms with Crippen LogP contribution in [0.4, 0.5) is 0 Å². The highest BCUT2D eigenvalue weighted by molar-refractivity contribution is 6.23. The maximum absolute atomic E-state index is 12.2. The Labute approximate surface area is 113 Å². The van der Waals surface area contributed by atoms with Gasteiger partial charge in [0.05, 0.1) is 17.4 Å². The topological polar surface area (TPSA) is 82.7 Å². The van der Waals surface area contributed by atoms with Crippen LogP contribution in [-0.4, -0.2) is 23.2 Å². The lowest BCUT2D eigenvalue weighted by molar-refractivity contribution is -0.118. The van der Waals surface area contributed by atoms with Gasteiger partial charge in [0.1, 0.15) is 18.3 Å². The van der Waals surface area contributed by atoms with Gasteiger partial charge in [0.15, 0.2) is 5.78 Å². The summed E-state index contributed by atoms with van der Waals surface area (Å²) in [7, 11) is 0. The summed E-state index contributed by atoms with van der Waals surface area (Å²) in [5, 5.41) is 23.3. The summed E-state index contributed by atoms with van der Waals surface area (Å²) in [4.78, 5) is 17.1. The highest BCUT2D eigenvalue weighted by Gasteiger charge is 2.43. The molecule has 0 heterocycles. The van der Waals surface area contributed by atoms with Crippen molar-refractivity contribution in [2.24, 2.45) is 16.5 Å². The number of hydrogen-bond donors (Lipinski definition) is 1. The van der Waals surface area contributed by atoms with Gasteiger partial charge in [0.25, 0.3) is 0 Å². The maximum atomic E-state index is 12.2. The van der Waals surface area contributed by atoms with Gasteiger partial charge in [-0.3, -0.25) is 4.79 Å². The van der Waals surface area contributed by atoms with E-state index in [1.807, 2.05) is 6.92 Å². The third-order valence-electron chi connectivity index (χ3n) is 3.26. The molecule has 0 radical (unpaired) electrons. The number of aliphatic hydroxyl groups excluding tert-OH is 1. The van der Waals surface area contributed by atoms with Gasteiger partial charge in [0, 0.05) is 6.42 Å². The normalized spacial score (nSPS) is 23.2. The van der Waals surface area contributed by atoms with Crippen LogP contribution < -0.4 is 0 Å². The van der Waals surface area contributed by atoms with Crippen molar-refractivity contribution in [3.05, 3.63) is 11.3 Å².